The fraction of sp³-hybridized carbons (Fsp3) is 0.706. The lowest BCUT2D eigenvalue weighted by Gasteiger charge is -2.39. The highest BCUT2D eigenvalue weighted by Crippen LogP contribution is 2.42. The summed E-state index contributed by atoms with van der Waals surface area (Å²) < 4.78 is 11.7. The van der Waals surface area contributed by atoms with Gasteiger partial charge in [0.1, 0.15) is 0 Å². The van der Waals surface area contributed by atoms with Crippen LogP contribution in [0.25, 0.3) is 0 Å². The zero-order valence-electron chi connectivity index (χ0n) is 13.8. The van der Waals surface area contributed by atoms with Gasteiger partial charge in [-0.25, -0.2) is 0 Å². The van der Waals surface area contributed by atoms with E-state index in [1.165, 1.54) is 9.88 Å². The molecule has 1 spiro atoms. The maximum Gasteiger partial charge on any atom is 0.252 e. The van der Waals surface area contributed by atoms with Crippen LogP contribution >= 0.6 is 11.3 Å². The van der Waals surface area contributed by atoms with Gasteiger partial charge in [-0.3, -0.25) is 4.79 Å². The first-order valence-corrected chi connectivity index (χ1v) is 9.32. The van der Waals surface area contributed by atoms with Crippen LogP contribution in [0.5, 0.6) is 0 Å². The largest absolute Gasteiger partial charge is 0.363 e. The third-order valence-electron chi connectivity index (χ3n) is 5.46. The van der Waals surface area contributed by atoms with Gasteiger partial charge in [-0.05, 0) is 25.3 Å². The first-order valence-electron chi connectivity index (χ1n) is 8.51. The molecule has 4 rings (SSSR count). The summed E-state index contributed by atoms with van der Waals surface area (Å²) in [5.41, 5.74) is 2.05. The van der Waals surface area contributed by atoms with Gasteiger partial charge in [0.15, 0.2) is 5.79 Å². The molecule has 3 heterocycles. The summed E-state index contributed by atoms with van der Waals surface area (Å²) in [4.78, 5) is 15.8. The first-order chi connectivity index (χ1) is 11.1. The minimum atomic E-state index is -0.305. The smallest absolute Gasteiger partial charge is 0.252 e. The molecule has 2 aliphatic heterocycles. The van der Waals surface area contributed by atoms with Gasteiger partial charge in [0, 0.05) is 43.8 Å². The molecule has 3 aliphatic rings. The number of rotatable bonds is 2. The van der Waals surface area contributed by atoms with E-state index in [4.69, 9.17) is 9.47 Å². The summed E-state index contributed by atoms with van der Waals surface area (Å²) in [7, 11) is 2.17. The molecule has 1 amide bonds. The van der Waals surface area contributed by atoms with Crippen LogP contribution < -0.4 is 10.2 Å². The predicted octanol–water partition coefficient (Wildman–Crippen LogP) is 2.46. The summed E-state index contributed by atoms with van der Waals surface area (Å²) in [6.07, 6.45) is 5.03. The van der Waals surface area contributed by atoms with Crippen LogP contribution in [-0.4, -0.2) is 44.5 Å². The highest BCUT2D eigenvalue weighted by atomic mass is 32.1. The first kappa shape index (κ1) is 15.4. The van der Waals surface area contributed by atoms with E-state index in [2.05, 4.69) is 24.2 Å². The van der Waals surface area contributed by atoms with Crippen molar-refractivity contribution in [1.82, 2.24) is 5.32 Å². The fourth-order valence-corrected chi connectivity index (χ4v) is 5.46. The van der Waals surface area contributed by atoms with Crippen LogP contribution in [0.2, 0.25) is 0 Å². The molecular formula is C17H24N2O3S. The van der Waals surface area contributed by atoms with Crippen LogP contribution in [0.15, 0.2) is 0 Å². The van der Waals surface area contributed by atoms with Gasteiger partial charge in [0.05, 0.1) is 23.8 Å². The standard InChI is InChI=1S/C17H24N2O3S/c1-11-14-13(5-8-18-15(14)20)23-16(11)19(2)12-3-6-17(7-4-12)21-9-10-22-17/h12H,3-10H2,1-2H3,(H,18,20). The van der Waals surface area contributed by atoms with Gasteiger partial charge in [0.2, 0.25) is 0 Å². The third-order valence-corrected chi connectivity index (χ3v) is 6.90. The average Bonchev–Trinajstić information content (AvgIpc) is 3.14. The van der Waals surface area contributed by atoms with E-state index in [1.54, 1.807) is 11.3 Å². The number of nitrogens with zero attached hydrogens (tertiary/aromatic N) is 1. The molecule has 1 aromatic heterocycles. The number of hydrogen-bond donors (Lipinski definition) is 1. The zero-order chi connectivity index (χ0) is 16.0. The second-order valence-electron chi connectivity index (χ2n) is 6.79. The molecule has 0 aromatic carbocycles. The third kappa shape index (κ3) is 2.57. The highest BCUT2D eigenvalue weighted by molar-refractivity contribution is 7.16. The van der Waals surface area contributed by atoms with Crippen molar-refractivity contribution in [1.29, 1.82) is 0 Å². The number of ether oxygens (including phenoxy) is 2. The number of carbonyl (C=O) groups excluding carboxylic acids is 1. The van der Waals surface area contributed by atoms with Crippen LogP contribution in [0.4, 0.5) is 5.00 Å². The van der Waals surface area contributed by atoms with Crippen LogP contribution in [-0.2, 0) is 15.9 Å². The Morgan fingerprint density at radius 1 is 1.26 bits per heavy atom. The van der Waals surface area contributed by atoms with Crippen molar-refractivity contribution in [3.8, 4) is 0 Å². The number of carbonyl (C=O) groups is 1. The maximum absolute atomic E-state index is 12.1. The summed E-state index contributed by atoms with van der Waals surface area (Å²) in [6, 6.07) is 0.496. The molecule has 0 bridgehead atoms. The fourth-order valence-electron chi connectivity index (χ4n) is 4.13. The summed E-state index contributed by atoms with van der Waals surface area (Å²) in [5, 5.41) is 4.21. The second-order valence-corrected chi connectivity index (χ2v) is 7.87. The van der Waals surface area contributed by atoms with E-state index in [0.717, 1.165) is 63.0 Å². The number of amides is 1. The van der Waals surface area contributed by atoms with E-state index in [9.17, 15) is 4.79 Å². The Morgan fingerprint density at radius 2 is 1.96 bits per heavy atom. The van der Waals surface area contributed by atoms with Gasteiger partial charge in [-0.1, -0.05) is 0 Å². The molecule has 1 N–H and O–H groups in total. The van der Waals surface area contributed by atoms with Crippen molar-refractivity contribution in [2.75, 3.05) is 31.7 Å². The molecule has 1 aliphatic carbocycles. The molecule has 2 fully saturated rings. The Hall–Kier alpha value is -1.11. The second kappa shape index (κ2) is 5.76. The summed E-state index contributed by atoms with van der Waals surface area (Å²) in [6.45, 7) is 4.30. The molecule has 6 heteroatoms. The maximum atomic E-state index is 12.1. The van der Waals surface area contributed by atoms with Crippen LogP contribution in [0.3, 0.4) is 0 Å². The Labute approximate surface area is 140 Å². The molecule has 0 unspecified atom stereocenters. The Morgan fingerprint density at radius 3 is 2.61 bits per heavy atom. The van der Waals surface area contributed by atoms with Crippen molar-refractivity contribution in [3.05, 3.63) is 16.0 Å². The SMILES string of the molecule is Cc1c(N(C)C2CCC3(CC2)OCCO3)sc2c1C(=O)NCC2. The molecule has 1 saturated carbocycles. The number of hydrogen-bond acceptors (Lipinski definition) is 5. The van der Waals surface area contributed by atoms with E-state index < -0.39 is 0 Å². The van der Waals surface area contributed by atoms with Gasteiger partial charge >= 0.3 is 0 Å². The lowest BCUT2D eigenvalue weighted by molar-refractivity contribution is -0.178. The van der Waals surface area contributed by atoms with E-state index in [-0.39, 0.29) is 11.7 Å². The molecule has 126 valence electrons. The predicted molar refractivity (Wildman–Crippen MR) is 90.4 cm³/mol. The van der Waals surface area contributed by atoms with Gasteiger partial charge in [0.25, 0.3) is 5.91 Å². The highest BCUT2D eigenvalue weighted by Gasteiger charge is 2.41. The molecule has 1 aromatic rings. The minimum absolute atomic E-state index is 0.0926. The van der Waals surface area contributed by atoms with Crippen molar-refractivity contribution in [2.24, 2.45) is 0 Å². The number of anilines is 1. The van der Waals surface area contributed by atoms with Gasteiger partial charge in [-0.15, -0.1) is 11.3 Å². The Bertz CT molecular complexity index is 612. The molecule has 23 heavy (non-hydrogen) atoms. The monoisotopic (exact) mass is 336 g/mol. The summed E-state index contributed by atoms with van der Waals surface area (Å²) >= 11 is 1.79. The summed E-state index contributed by atoms with van der Waals surface area (Å²) in [5.74, 6) is -0.212. The van der Waals surface area contributed by atoms with Crippen molar-refractivity contribution < 1.29 is 14.3 Å². The number of nitrogens with one attached hydrogen (secondary N) is 1. The molecule has 5 nitrogen and oxygen atoms in total. The average molecular weight is 336 g/mol. The molecule has 0 atom stereocenters. The van der Waals surface area contributed by atoms with Crippen molar-refractivity contribution in [2.45, 2.75) is 50.9 Å². The Kier molecular flexibility index (Phi) is 3.86. The van der Waals surface area contributed by atoms with Crippen molar-refractivity contribution >= 4 is 22.2 Å². The number of fused-ring (bicyclic) bond motifs is 1. The van der Waals surface area contributed by atoms with Gasteiger partial charge in [-0.2, -0.15) is 0 Å². The lowest BCUT2D eigenvalue weighted by atomic mass is 9.89. The Balaban J connectivity index is 1.52. The van der Waals surface area contributed by atoms with Gasteiger partial charge < -0.3 is 19.7 Å². The van der Waals surface area contributed by atoms with E-state index in [1.807, 2.05) is 0 Å². The molecular weight excluding hydrogens is 312 g/mol. The number of thiophene rings is 1. The topological polar surface area (TPSA) is 50.8 Å². The van der Waals surface area contributed by atoms with E-state index >= 15 is 0 Å². The normalized spacial score (nSPS) is 23.8. The van der Waals surface area contributed by atoms with Crippen LogP contribution in [0.1, 0.15) is 46.5 Å². The minimum Gasteiger partial charge on any atom is -0.363 e. The van der Waals surface area contributed by atoms with E-state index in [0.29, 0.717) is 6.04 Å². The molecule has 0 radical (unpaired) electrons. The van der Waals surface area contributed by atoms with Crippen molar-refractivity contribution in [3.63, 3.8) is 0 Å². The quantitative estimate of drug-likeness (QED) is 0.901. The zero-order valence-corrected chi connectivity index (χ0v) is 14.6. The lowest BCUT2D eigenvalue weighted by Crippen LogP contribution is -2.42. The van der Waals surface area contributed by atoms with Crippen LogP contribution in [0, 0.1) is 6.92 Å². The molecule has 1 saturated heterocycles.